The summed E-state index contributed by atoms with van der Waals surface area (Å²) in [4.78, 5) is 29.5. The van der Waals surface area contributed by atoms with Gasteiger partial charge in [0.25, 0.3) is 5.91 Å². The predicted molar refractivity (Wildman–Crippen MR) is 155 cm³/mol. The fraction of sp³-hybridized carbons (Fsp3) is 0.152. The van der Waals surface area contributed by atoms with Gasteiger partial charge in [-0.3, -0.25) is 9.69 Å². The molecule has 6 heteroatoms. The van der Waals surface area contributed by atoms with Gasteiger partial charge in [0.2, 0.25) is 0 Å². The average molecular weight is 519 g/mol. The highest BCUT2D eigenvalue weighted by Crippen LogP contribution is 2.36. The lowest BCUT2D eigenvalue weighted by Gasteiger charge is -2.24. The molecule has 1 aromatic heterocycles. The van der Waals surface area contributed by atoms with Gasteiger partial charge in [0, 0.05) is 35.6 Å². The van der Waals surface area contributed by atoms with Crippen LogP contribution >= 0.6 is 0 Å². The molecule has 4 aromatic rings. The lowest BCUT2D eigenvalue weighted by Crippen LogP contribution is -2.25. The second kappa shape index (κ2) is 11.3. The van der Waals surface area contributed by atoms with Crippen LogP contribution in [0.25, 0.3) is 23.1 Å². The Morgan fingerprint density at radius 3 is 2.21 bits per heavy atom. The number of hydrogen-bond acceptors (Lipinski definition) is 5. The van der Waals surface area contributed by atoms with Crippen LogP contribution in [0.5, 0.6) is 0 Å². The van der Waals surface area contributed by atoms with Crippen LogP contribution in [0.4, 0.5) is 11.4 Å². The number of ether oxygens (including phenoxy) is 1. The van der Waals surface area contributed by atoms with E-state index in [2.05, 4.69) is 30.9 Å². The van der Waals surface area contributed by atoms with Gasteiger partial charge in [-0.15, -0.1) is 0 Å². The first-order valence-electron chi connectivity index (χ1n) is 13.0. The van der Waals surface area contributed by atoms with Crippen LogP contribution < -0.4 is 9.80 Å². The number of esters is 1. The molecule has 6 nitrogen and oxygen atoms in total. The molecular formula is C33H30N2O4. The number of carbonyl (C=O) groups excluding carboxylic acids is 2. The third-order valence-corrected chi connectivity index (χ3v) is 6.80. The van der Waals surface area contributed by atoms with Gasteiger partial charge in [-0.2, -0.15) is 0 Å². The molecule has 196 valence electrons. The van der Waals surface area contributed by atoms with E-state index in [0.29, 0.717) is 22.7 Å². The summed E-state index contributed by atoms with van der Waals surface area (Å²) in [6.45, 7) is 6.10. The Morgan fingerprint density at radius 1 is 0.872 bits per heavy atom. The zero-order valence-electron chi connectivity index (χ0n) is 22.3. The first-order chi connectivity index (χ1) is 19.0. The second-order valence-electron chi connectivity index (χ2n) is 9.10. The maximum atomic E-state index is 13.7. The van der Waals surface area contributed by atoms with E-state index in [9.17, 15) is 9.59 Å². The third kappa shape index (κ3) is 5.27. The van der Waals surface area contributed by atoms with Gasteiger partial charge in [-0.1, -0.05) is 42.5 Å². The van der Waals surface area contributed by atoms with E-state index in [1.807, 2.05) is 60.7 Å². The summed E-state index contributed by atoms with van der Waals surface area (Å²) >= 11 is 0. The normalized spacial score (nSPS) is 14.0. The van der Waals surface area contributed by atoms with Crippen molar-refractivity contribution in [2.75, 3.05) is 30.0 Å². The van der Waals surface area contributed by atoms with Gasteiger partial charge in [0.15, 0.2) is 0 Å². The Labute approximate surface area is 228 Å². The van der Waals surface area contributed by atoms with Crippen LogP contribution in [-0.4, -0.2) is 32.1 Å². The lowest BCUT2D eigenvalue weighted by molar-refractivity contribution is -0.113. The Hall–Kier alpha value is -4.84. The number of rotatable bonds is 8. The van der Waals surface area contributed by atoms with E-state index >= 15 is 0 Å². The molecule has 0 spiro atoms. The van der Waals surface area contributed by atoms with Crippen molar-refractivity contribution in [2.45, 2.75) is 13.8 Å². The molecule has 0 unspecified atom stereocenters. The van der Waals surface area contributed by atoms with Crippen molar-refractivity contribution in [3.8, 4) is 11.3 Å². The summed E-state index contributed by atoms with van der Waals surface area (Å²) in [5.74, 6) is 0.692. The monoisotopic (exact) mass is 518 g/mol. The minimum atomic E-state index is -0.389. The highest BCUT2D eigenvalue weighted by atomic mass is 16.5. The Morgan fingerprint density at radius 2 is 1.56 bits per heavy atom. The number of amides is 1. The highest BCUT2D eigenvalue weighted by molar-refractivity contribution is 6.23. The number of nitrogens with zero attached hydrogens (tertiary/aromatic N) is 2. The Kier molecular flexibility index (Phi) is 7.46. The molecule has 1 amide bonds. The standard InChI is InChI=1S/C33H30N2O4/c1-4-34(5-2)27-15-17-28(18-16-27)35-30(23-9-7-6-8-10-23)22-26(32(35)36)21-29-19-20-31(39-29)24-11-13-25(14-12-24)33(37)38-3/h6-22H,4-5H2,1-3H3/b26-21+. The van der Waals surface area contributed by atoms with Crippen molar-refractivity contribution < 1.29 is 18.7 Å². The fourth-order valence-corrected chi connectivity index (χ4v) is 4.72. The SMILES string of the molecule is CCN(CC)c1ccc(N2C(=O)/C(=C/c3ccc(-c4ccc(C(=O)OC)cc4)o3)C=C2c2ccccc2)cc1. The topological polar surface area (TPSA) is 63.0 Å². The molecule has 0 N–H and O–H groups in total. The van der Waals surface area contributed by atoms with Gasteiger partial charge < -0.3 is 14.1 Å². The number of benzene rings is 3. The quantitative estimate of drug-likeness (QED) is 0.185. The molecule has 0 atom stereocenters. The van der Waals surface area contributed by atoms with E-state index in [0.717, 1.165) is 41.3 Å². The maximum absolute atomic E-state index is 13.7. The molecule has 1 aliphatic heterocycles. The van der Waals surface area contributed by atoms with Gasteiger partial charge >= 0.3 is 5.97 Å². The summed E-state index contributed by atoms with van der Waals surface area (Å²) in [5, 5.41) is 0. The molecule has 5 rings (SSSR count). The van der Waals surface area contributed by atoms with Crippen LogP contribution in [0.3, 0.4) is 0 Å². The van der Waals surface area contributed by atoms with Crippen molar-refractivity contribution in [3.63, 3.8) is 0 Å². The molecule has 0 bridgehead atoms. The molecule has 0 aliphatic carbocycles. The van der Waals surface area contributed by atoms with Gasteiger partial charge in [-0.25, -0.2) is 4.79 Å². The van der Waals surface area contributed by atoms with E-state index in [-0.39, 0.29) is 11.9 Å². The Balaban J connectivity index is 1.46. The number of anilines is 2. The summed E-state index contributed by atoms with van der Waals surface area (Å²) in [6, 6.07) is 28.7. The smallest absolute Gasteiger partial charge is 0.337 e. The maximum Gasteiger partial charge on any atom is 0.337 e. The first kappa shape index (κ1) is 25.8. The minimum absolute atomic E-state index is 0.121. The van der Waals surface area contributed by atoms with Crippen molar-refractivity contribution >= 4 is 35.0 Å². The largest absolute Gasteiger partial charge is 0.465 e. The average Bonchev–Trinajstić information content (AvgIpc) is 3.59. The van der Waals surface area contributed by atoms with Crippen molar-refractivity contribution in [1.82, 2.24) is 0 Å². The van der Waals surface area contributed by atoms with Crippen molar-refractivity contribution in [3.05, 3.63) is 120 Å². The van der Waals surface area contributed by atoms with Crippen LogP contribution in [0.15, 0.2) is 107 Å². The molecule has 2 heterocycles. The second-order valence-corrected chi connectivity index (χ2v) is 9.10. The number of furan rings is 1. The van der Waals surface area contributed by atoms with Gasteiger partial charge in [-0.05, 0) is 80.1 Å². The minimum Gasteiger partial charge on any atom is -0.465 e. The highest BCUT2D eigenvalue weighted by Gasteiger charge is 2.30. The summed E-state index contributed by atoms with van der Waals surface area (Å²) in [5.41, 5.74) is 5.51. The summed E-state index contributed by atoms with van der Waals surface area (Å²) in [6.07, 6.45) is 3.67. The lowest BCUT2D eigenvalue weighted by atomic mass is 10.1. The number of methoxy groups -OCH3 is 1. The van der Waals surface area contributed by atoms with Crippen LogP contribution in [0.1, 0.15) is 35.5 Å². The van der Waals surface area contributed by atoms with Crippen LogP contribution in [0.2, 0.25) is 0 Å². The van der Waals surface area contributed by atoms with E-state index < -0.39 is 0 Å². The van der Waals surface area contributed by atoms with Crippen LogP contribution in [-0.2, 0) is 9.53 Å². The summed E-state index contributed by atoms with van der Waals surface area (Å²) < 4.78 is 10.8. The molecule has 0 saturated heterocycles. The first-order valence-corrected chi connectivity index (χ1v) is 13.0. The van der Waals surface area contributed by atoms with E-state index in [1.165, 1.54) is 7.11 Å². The molecule has 1 aliphatic rings. The summed E-state index contributed by atoms with van der Waals surface area (Å²) in [7, 11) is 1.35. The number of carbonyl (C=O) groups is 2. The van der Waals surface area contributed by atoms with Crippen molar-refractivity contribution in [1.29, 1.82) is 0 Å². The predicted octanol–water partition coefficient (Wildman–Crippen LogP) is 7.05. The van der Waals surface area contributed by atoms with Crippen molar-refractivity contribution in [2.24, 2.45) is 0 Å². The molecule has 0 fully saturated rings. The molecular weight excluding hydrogens is 488 g/mol. The van der Waals surface area contributed by atoms with Gasteiger partial charge in [0.05, 0.1) is 18.4 Å². The van der Waals surface area contributed by atoms with E-state index in [4.69, 9.17) is 9.15 Å². The Bertz CT molecular complexity index is 1530. The zero-order chi connectivity index (χ0) is 27.4. The fourth-order valence-electron chi connectivity index (χ4n) is 4.72. The zero-order valence-corrected chi connectivity index (χ0v) is 22.3. The molecule has 0 saturated carbocycles. The van der Waals surface area contributed by atoms with E-state index in [1.54, 1.807) is 35.2 Å². The molecule has 0 radical (unpaired) electrons. The third-order valence-electron chi connectivity index (χ3n) is 6.80. The molecule has 3 aromatic carbocycles. The van der Waals surface area contributed by atoms with Gasteiger partial charge in [0.1, 0.15) is 11.5 Å². The van der Waals surface area contributed by atoms with Crippen LogP contribution in [0, 0.1) is 0 Å². The number of hydrogen-bond donors (Lipinski definition) is 0. The molecule has 39 heavy (non-hydrogen) atoms.